The Morgan fingerprint density at radius 1 is 1.00 bits per heavy atom. The molecule has 0 aromatic heterocycles. The lowest BCUT2D eigenvalue weighted by atomic mass is 9.75. The largest absolute Gasteiger partial charge is 0.299 e. The van der Waals surface area contributed by atoms with Crippen LogP contribution in [-0.4, -0.2) is 23.8 Å². The molecule has 22 heavy (non-hydrogen) atoms. The number of piperidine rings is 1. The van der Waals surface area contributed by atoms with Crippen molar-refractivity contribution in [3.63, 3.8) is 0 Å². The summed E-state index contributed by atoms with van der Waals surface area (Å²) in [5.41, 5.74) is 5.17. The Morgan fingerprint density at radius 3 is 2.68 bits per heavy atom. The topological polar surface area (TPSA) is 20.3 Å². The Morgan fingerprint density at radius 2 is 1.82 bits per heavy atom. The van der Waals surface area contributed by atoms with E-state index < -0.39 is 0 Å². The number of nitrogens with zero attached hydrogens (tertiary/aromatic N) is 1. The number of carbonyl (C=O) groups is 1. The number of rotatable bonds is 1. The van der Waals surface area contributed by atoms with Crippen molar-refractivity contribution >= 4 is 5.78 Å². The van der Waals surface area contributed by atoms with Crippen LogP contribution in [0.2, 0.25) is 0 Å². The van der Waals surface area contributed by atoms with Gasteiger partial charge in [-0.3, -0.25) is 9.69 Å². The van der Waals surface area contributed by atoms with E-state index in [0.29, 0.717) is 12.2 Å². The molecule has 0 amide bonds. The van der Waals surface area contributed by atoms with Crippen LogP contribution >= 0.6 is 0 Å². The van der Waals surface area contributed by atoms with E-state index in [4.69, 9.17) is 0 Å². The zero-order valence-corrected chi connectivity index (χ0v) is 13.0. The van der Waals surface area contributed by atoms with Crippen molar-refractivity contribution in [3.05, 3.63) is 70.8 Å². The van der Waals surface area contributed by atoms with Crippen LogP contribution in [0.3, 0.4) is 0 Å². The number of carbonyl (C=O) groups excluding carboxylic acids is 1. The smallest absolute Gasteiger partial charge is 0.143 e. The summed E-state index contributed by atoms with van der Waals surface area (Å²) >= 11 is 0. The molecule has 0 spiro atoms. The van der Waals surface area contributed by atoms with Crippen molar-refractivity contribution in [2.75, 3.05) is 13.1 Å². The average molecular weight is 291 g/mol. The summed E-state index contributed by atoms with van der Waals surface area (Å²) in [5.74, 6) is 0.374. The van der Waals surface area contributed by atoms with Crippen LogP contribution in [0.5, 0.6) is 0 Å². The quantitative estimate of drug-likeness (QED) is 0.799. The van der Waals surface area contributed by atoms with Gasteiger partial charge in [0.1, 0.15) is 5.78 Å². The molecular formula is C20H21NO. The number of fused-ring (bicyclic) bond motifs is 3. The first-order valence-corrected chi connectivity index (χ1v) is 8.15. The van der Waals surface area contributed by atoms with Crippen molar-refractivity contribution in [2.24, 2.45) is 0 Å². The molecule has 0 N–H and O–H groups in total. The van der Waals surface area contributed by atoms with E-state index in [1.54, 1.807) is 0 Å². The molecule has 4 rings (SSSR count). The lowest BCUT2D eigenvalue weighted by Gasteiger charge is -2.44. The van der Waals surface area contributed by atoms with Crippen LogP contribution in [0.15, 0.2) is 48.5 Å². The van der Waals surface area contributed by atoms with Gasteiger partial charge in [0.05, 0.1) is 5.92 Å². The summed E-state index contributed by atoms with van der Waals surface area (Å²) < 4.78 is 0. The Balaban J connectivity index is 1.84. The SMILES string of the molecule is Cc1cccc(C2C(=O)CCN3CCc4ccccc4C23)c1. The number of Topliss-reactive ketones (excluding diaryl/α,β-unsaturated/α-hetero) is 1. The fourth-order valence-corrected chi connectivity index (χ4v) is 4.11. The molecule has 2 unspecified atom stereocenters. The summed E-state index contributed by atoms with van der Waals surface area (Å²) in [6.45, 7) is 4.07. The third kappa shape index (κ3) is 2.19. The monoisotopic (exact) mass is 291 g/mol. The van der Waals surface area contributed by atoms with E-state index in [9.17, 15) is 4.79 Å². The minimum Gasteiger partial charge on any atom is -0.299 e. The summed E-state index contributed by atoms with van der Waals surface area (Å²) in [6, 6.07) is 17.4. The van der Waals surface area contributed by atoms with Gasteiger partial charge in [0.2, 0.25) is 0 Å². The minimum atomic E-state index is -0.0184. The lowest BCUT2D eigenvalue weighted by molar-refractivity contribution is -0.125. The van der Waals surface area contributed by atoms with Gasteiger partial charge in [-0.25, -0.2) is 0 Å². The fraction of sp³-hybridized carbons (Fsp3) is 0.350. The van der Waals surface area contributed by atoms with Crippen molar-refractivity contribution in [2.45, 2.75) is 31.7 Å². The van der Waals surface area contributed by atoms with Crippen molar-refractivity contribution in [3.8, 4) is 0 Å². The lowest BCUT2D eigenvalue weighted by Crippen LogP contribution is -2.46. The standard InChI is InChI=1S/C20H21NO/c1-14-5-4-7-16(13-14)19-18(22)10-12-21-11-9-15-6-2-3-8-17(15)20(19)21/h2-8,13,19-20H,9-12H2,1H3. The number of hydrogen-bond donors (Lipinski definition) is 0. The van der Waals surface area contributed by atoms with Gasteiger partial charge in [-0.1, -0.05) is 54.1 Å². The van der Waals surface area contributed by atoms with E-state index in [2.05, 4.69) is 60.4 Å². The molecule has 2 nitrogen and oxygen atoms in total. The van der Waals surface area contributed by atoms with Gasteiger partial charge >= 0.3 is 0 Å². The van der Waals surface area contributed by atoms with Crippen LogP contribution in [0.25, 0.3) is 0 Å². The molecule has 2 heterocycles. The van der Waals surface area contributed by atoms with Gasteiger partial charge in [-0.15, -0.1) is 0 Å². The molecule has 0 saturated carbocycles. The molecule has 2 aliphatic heterocycles. The van der Waals surface area contributed by atoms with Crippen LogP contribution in [0, 0.1) is 6.92 Å². The number of benzene rings is 2. The second-order valence-corrected chi connectivity index (χ2v) is 6.54. The van der Waals surface area contributed by atoms with Crippen molar-refractivity contribution < 1.29 is 4.79 Å². The number of ketones is 1. The van der Waals surface area contributed by atoms with Gasteiger partial charge in [0.15, 0.2) is 0 Å². The van der Waals surface area contributed by atoms with Crippen molar-refractivity contribution in [1.82, 2.24) is 4.90 Å². The molecule has 2 atom stereocenters. The average Bonchev–Trinajstić information content (AvgIpc) is 2.54. The van der Waals surface area contributed by atoms with E-state index in [0.717, 1.165) is 19.5 Å². The van der Waals surface area contributed by atoms with E-state index in [1.165, 1.54) is 22.3 Å². The first-order valence-electron chi connectivity index (χ1n) is 8.15. The Hall–Kier alpha value is -1.93. The zero-order chi connectivity index (χ0) is 15.1. The first-order chi connectivity index (χ1) is 10.7. The summed E-state index contributed by atoms with van der Waals surface area (Å²) in [5, 5.41) is 0. The Bertz CT molecular complexity index is 721. The third-order valence-electron chi connectivity index (χ3n) is 5.14. The normalized spacial score (nSPS) is 24.7. The molecule has 0 aliphatic carbocycles. The maximum Gasteiger partial charge on any atom is 0.143 e. The molecule has 0 radical (unpaired) electrons. The molecule has 1 saturated heterocycles. The number of hydrogen-bond acceptors (Lipinski definition) is 2. The first kappa shape index (κ1) is 13.7. The van der Waals surface area contributed by atoms with Crippen molar-refractivity contribution in [1.29, 1.82) is 0 Å². The molecule has 112 valence electrons. The molecule has 2 aliphatic rings. The highest BCUT2D eigenvalue weighted by atomic mass is 16.1. The van der Waals surface area contributed by atoms with Gasteiger partial charge < -0.3 is 0 Å². The molecule has 2 aromatic rings. The molecule has 2 heteroatoms. The predicted octanol–water partition coefficient (Wildman–Crippen LogP) is 3.65. The molecule has 1 fully saturated rings. The van der Waals surface area contributed by atoms with Crippen LogP contribution in [0.4, 0.5) is 0 Å². The maximum absolute atomic E-state index is 12.7. The summed E-state index contributed by atoms with van der Waals surface area (Å²) in [4.78, 5) is 15.3. The minimum absolute atomic E-state index is 0.0184. The number of aryl methyl sites for hydroxylation is 1. The molecule has 2 aromatic carbocycles. The maximum atomic E-state index is 12.7. The van der Waals surface area contributed by atoms with E-state index in [-0.39, 0.29) is 12.0 Å². The third-order valence-corrected chi connectivity index (χ3v) is 5.14. The highest BCUT2D eigenvalue weighted by molar-refractivity contribution is 5.88. The van der Waals surface area contributed by atoms with Crippen LogP contribution < -0.4 is 0 Å². The van der Waals surface area contributed by atoms with Crippen LogP contribution in [0.1, 0.15) is 40.6 Å². The summed E-state index contributed by atoms with van der Waals surface area (Å²) in [6.07, 6.45) is 1.78. The zero-order valence-electron chi connectivity index (χ0n) is 13.0. The Kier molecular flexibility index (Phi) is 3.34. The highest BCUT2D eigenvalue weighted by Gasteiger charge is 2.41. The van der Waals surface area contributed by atoms with Gasteiger partial charge in [-0.05, 0) is 30.0 Å². The van der Waals surface area contributed by atoms with Gasteiger partial charge in [-0.2, -0.15) is 0 Å². The summed E-state index contributed by atoms with van der Waals surface area (Å²) in [7, 11) is 0. The fourth-order valence-electron chi connectivity index (χ4n) is 4.11. The predicted molar refractivity (Wildman–Crippen MR) is 88.0 cm³/mol. The van der Waals surface area contributed by atoms with Gasteiger partial charge in [0, 0.05) is 25.6 Å². The molecule has 0 bridgehead atoms. The molecular weight excluding hydrogens is 270 g/mol. The van der Waals surface area contributed by atoms with Gasteiger partial charge in [0.25, 0.3) is 0 Å². The highest BCUT2D eigenvalue weighted by Crippen LogP contribution is 2.44. The second-order valence-electron chi connectivity index (χ2n) is 6.54. The second kappa shape index (κ2) is 5.36. The van der Waals surface area contributed by atoms with Crippen LogP contribution in [-0.2, 0) is 11.2 Å². The van der Waals surface area contributed by atoms with E-state index >= 15 is 0 Å². The Labute approximate surface area is 131 Å². The van der Waals surface area contributed by atoms with E-state index in [1.807, 2.05) is 0 Å².